The van der Waals surface area contributed by atoms with Crippen LogP contribution in [0.5, 0.6) is 0 Å². The highest BCUT2D eigenvalue weighted by atomic mass is 16.2. The van der Waals surface area contributed by atoms with E-state index in [1.165, 1.54) is 4.90 Å². The number of urea groups is 1. The molecule has 0 unspecified atom stereocenters. The van der Waals surface area contributed by atoms with Crippen molar-refractivity contribution >= 4 is 6.03 Å². The van der Waals surface area contributed by atoms with E-state index in [9.17, 15) is 4.79 Å². The number of carbonyl (C=O) groups excluding carboxylic acids is 1. The van der Waals surface area contributed by atoms with Gasteiger partial charge in [0.05, 0.1) is 0 Å². The maximum absolute atomic E-state index is 11.0. The van der Waals surface area contributed by atoms with Crippen LogP contribution in [0.4, 0.5) is 4.79 Å². The molecule has 0 aliphatic rings. The van der Waals surface area contributed by atoms with E-state index < -0.39 is 0 Å². The second-order valence-electron chi connectivity index (χ2n) is 2.83. The van der Waals surface area contributed by atoms with Crippen molar-refractivity contribution < 1.29 is 4.79 Å². The van der Waals surface area contributed by atoms with Gasteiger partial charge in [-0.05, 0) is 19.5 Å². The number of hydrogen-bond donors (Lipinski definition) is 2. The van der Waals surface area contributed by atoms with E-state index in [0.29, 0.717) is 0 Å². The second kappa shape index (κ2) is 6.91. The largest absolute Gasteiger partial charge is 0.338 e. The van der Waals surface area contributed by atoms with Crippen molar-refractivity contribution in [2.24, 2.45) is 0 Å². The molecule has 0 radical (unpaired) electrons. The van der Waals surface area contributed by atoms with E-state index in [-0.39, 0.29) is 6.03 Å². The Kier molecular flexibility index (Phi) is 6.47. The highest BCUT2D eigenvalue weighted by Gasteiger charge is 1.99. The van der Waals surface area contributed by atoms with E-state index in [1.807, 2.05) is 0 Å². The van der Waals surface area contributed by atoms with Crippen molar-refractivity contribution in [3.05, 3.63) is 0 Å². The fourth-order valence-corrected chi connectivity index (χ4v) is 0.744. The zero-order chi connectivity index (χ0) is 9.40. The Labute approximate surface area is 74.3 Å². The van der Waals surface area contributed by atoms with Crippen molar-refractivity contribution in [3.8, 4) is 0 Å². The van der Waals surface area contributed by atoms with Crippen LogP contribution in [-0.4, -0.2) is 44.7 Å². The van der Waals surface area contributed by atoms with Crippen LogP contribution in [0.3, 0.4) is 0 Å². The summed E-state index contributed by atoms with van der Waals surface area (Å²) < 4.78 is 0. The lowest BCUT2D eigenvalue weighted by Gasteiger charge is -2.11. The summed E-state index contributed by atoms with van der Waals surface area (Å²) in [6.45, 7) is 4.76. The summed E-state index contributed by atoms with van der Waals surface area (Å²) in [7, 11) is 3.47. The van der Waals surface area contributed by atoms with Crippen LogP contribution in [0.2, 0.25) is 0 Å². The van der Waals surface area contributed by atoms with Crippen LogP contribution in [0.15, 0.2) is 0 Å². The highest BCUT2D eigenvalue weighted by Crippen LogP contribution is 1.78. The molecule has 0 rings (SSSR count). The smallest absolute Gasteiger partial charge is 0.316 e. The maximum atomic E-state index is 11.0. The summed E-state index contributed by atoms with van der Waals surface area (Å²) in [5.41, 5.74) is 0. The van der Waals surface area contributed by atoms with Gasteiger partial charge in [0, 0.05) is 20.6 Å². The van der Waals surface area contributed by atoms with Gasteiger partial charge in [0.1, 0.15) is 0 Å². The molecule has 0 spiro atoms. The molecule has 4 heteroatoms. The van der Waals surface area contributed by atoms with E-state index in [1.54, 1.807) is 14.1 Å². The van der Waals surface area contributed by atoms with Crippen LogP contribution < -0.4 is 10.6 Å². The Morgan fingerprint density at radius 2 is 2.00 bits per heavy atom. The van der Waals surface area contributed by atoms with Crippen LogP contribution >= 0.6 is 0 Å². The van der Waals surface area contributed by atoms with Gasteiger partial charge in [0.2, 0.25) is 0 Å². The van der Waals surface area contributed by atoms with Crippen molar-refractivity contribution in [2.45, 2.75) is 13.3 Å². The van der Waals surface area contributed by atoms with Crippen molar-refractivity contribution in [2.75, 3.05) is 33.7 Å². The molecule has 0 fully saturated rings. The second-order valence-corrected chi connectivity index (χ2v) is 2.83. The third-order valence-electron chi connectivity index (χ3n) is 1.46. The van der Waals surface area contributed by atoms with Gasteiger partial charge in [-0.1, -0.05) is 6.92 Å². The zero-order valence-electron chi connectivity index (χ0n) is 8.18. The maximum Gasteiger partial charge on any atom is 0.316 e. The summed E-state index contributed by atoms with van der Waals surface area (Å²) in [6, 6.07) is -0.0218. The van der Waals surface area contributed by atoms with Crippen LogP contribution in [0.1, 0.15) is 13.3 Å². The Morgan fingerprint density at radius 3 is 2.50 bits per heavy atom. The van der Waals surface area contributed by atoms with E-state index in [0.717, 1.165) is 26.1 Å². The Hall–Kier alpha value is -0.770. The SMILES string of the molecule is CCNCCCNC(=O)N(C)C. The Bertz CT molecular complexity index is 125. The molecule has 0 saturated heterocycles. The topological polar surface area (TPSA) is 44.4 Å². The first kappa shape index (κ1) is 11.2. The number of hydrogen-bond acceptors (Lipinski definition) is 2. The summed E-state index contributed by atoms with van der Waals surface area (Å²) >= 11 is 0. The van der Waals surface area contributed by atoms with Crippen LogP contribution in [0.25, 0.3) is 0 Å². The van der Waals surface area contributed by atoms with Crippen LogP contribution in [0, 0.1) is 0 Å². The zero-order valence-corrected chi connectivity index (χ0v) is 8.18. The predicted molar refractivity (Wildman–Crippen MR) is 50.2 cm³/mol. The minimum atomic E-state index is -0.0218. The molecule has 2 N–H and O–H groups in total. The minimum absolute atomic E-state index is 0.0218. The Morgan fingerprint density at radius 1 is 1.33 bits per heavy atom. The molecule has 0 saturated carbocycles. The van der Waals surface area contributed by atoms with Gasteiger partial charge in [-0.15, -0.1) is 0 Å². The van der Waals surface area contributed by atoms with E-state index in [4.69, 9.17) is 0 Å². The average Bonchev–Trinajstić information content (AvgIpc) is 2.03. The minimum Gasteiger partial charge on any atom is -0.338 e. The molecule has 0 atom stereocenters. The molecule has 0 heterocycles. The van der Waals surface area contributed by atoms with Gasteiger partial charge in [0.25, 0.3) is 0 Å². The lowest BCUT2D eigenvalue weighted by molar-refractivity contribution is 0.217. The standard InChI is InChI=1S/C8H19N3O/c1-4-9-6-5-7-10-8(12)11(2)3/h9H,4-7H2,1-3H3,(H,10,12). The van der Waals surface area contributed by atoms with Gasteiger partial charge in [-0.3, -0.25) is 0 Å². The van der Waals surface area contributed by atoms with Crippen molar-refractivity contribution in [1.82, 2.24) is 15.5 Å². The third-order valence-corrected chi connectivity index (χ3v) is 1.46. The molecule has 4 nitrogen and oxygen atoms in total. The highest BCUT2D eigenvalue weighted by molar-refractivity contribution is 5.73. The van der Waals surface area contributed by atoms with Gasteiger partial charge in [-0.25, -0.2) is 4.79 Å². The number of rotatable bonds is 5. The van der Waals surface area contributed by atoms with Gasteiger partial charge < -0.3 is 15.5 Å². The van der Waals surface area contributed by atoms with Crippen molar-refractivity contribution in [3.63, 3.8) is 0 Å². The van der Waals surface area contributed by atoms with Gasteiger partial charge >= 0.3 is 6.03 Å². The van der Waals surface area contributed by atoms with Crippen molar-refractivity contribution in [1.29, 1.82) is 0 Å². The summed E-state index contributed by atoms with van der Waals surface area (Å²) in [4.78, 5) is 12.5. The fraction of sp³-hybridized carbons (Fsp3) is 0.875. The fourth-order valence-electron chi connectivity index (χ4n) is 0.744. The quantitative estimate of drug-likeness (QED) is 0.586. The molecule has 0 aromatic carbocycles. The van der Waals surface area contributed by atoms with Crippen LogP contribution in [-0.2, 0) is 0 Å². The molecule has 0 aromatic rings. The monoisotopic (exact) mass is 173 g/mol. The predicted octanol–water partition coefficient (Wildman–Crippen LogP) is 0.257. The molecule has 0 bridgehead atoms. The number of amides is 2. The van der Waals surface area contributed by atoms with Gasteiger partial charge in [-0.2, -0.15) is 0 Å². The van der Waals surface area contributed by atoms with E-state index >= 15 is 0 Å². The normalized spacial score (nSPS) is 9.58. The number of nitrogens with zero attached hydrogens (tertiary/aromatic N) is 1. The first-order valence-corrected chi connectivity index (χ1v) is 4.34. The number of nitrogens with one attached hydrogen (secondary N) is 2. The van der Waals surface area contributed by atoms with E-state index in [2.05, 4.69) is 17.6 Å². The number of carbonyl (C=O) groups is 1. The molecule has 2 amide bonds. The lowest BCUT2D eigenvalue weighted by Crippen LogP contribution is -2.35. The molecule has 0 aliphatic carbocycles. The first-order chi connectivity index (χ1) is 5.68. The summed E-state index contributed by atoms with van der Waals surface area (Å²) in [5.74, 6) is 0. The molecule has 0 aliphatic heterocycles. The molecule has 12 heavy (non-hydrogen) atoms. The lowest BCUT2D eigenvalue weighted by atomic mass is 10.4. The third kappa shape index (κ3) is 5.97. The average molecular weight is 173 g/mol. The molecular formula is C8H19N3O. The summed E-state index contributed by atoms with van der Waals surface area (Å²) in [5, 5.41) is 5.97. The molecule has 0 aromatic heterocycles. The summed E-state index contributed by atoms with van der Waals surface area (Å²) in [6.07, 6.45) is 0.980. The Balaban J connectivity index is 3.14. The molecular weight excluding hydrogens is 154 g/mol. The molecule has 72 valence electrons. The first-order valence-electron chi connectivity index (χ1n) is 4.34. The van der Waals surface area contributed by atoms with Gasteiger partial charge in [0.15, 0.2) is 0 Å².